The minimum Gasteiger partial charge on any atom is -0.497 e. The van der Waals surface area contributed by atoms with Crippen LogP contribution in [0.5, 0.6) is 11.5 Å². The topological polar surface area (TPSA) is 137 Å². The smallest absolute Gasteiger partial charge is 0.261 e. The van der Waals surface area contributed by atoms with E-state index in [1.807, 2.05) is 0 Å². The molecule has 1 atom stereocenters. The van der Waals surface area contributed by atoms with Crippen molar-refractivity contribution in [3.63, 3.8) is 0 Å². The fourth-order valence-electron chi connectivity index (χ4n) is 4.42. The van der Waals surface area contributed by atoms with Crippen molar-refractivity contribution in [3.05, 3.63) is 89.0 Å². The standard InChI is InChI=1S/C28H32N4O7S2/c1-20(27-30-26-9-6-5-8-25(26)28(33)31(27)2)32(41(36,37)24-16-12-22(39-4)13-17-24)19-7-18-29-40(34,35)23-14-10-21(38-3)11-15-23/h5-6,8-17,20,29H,7,18-19H2,1-4H3. The Kier molecular flexibility index (Phi) is 9.12. The van der Waals surface area contributed by atoms with Crippen LogP contribution in [0.1, 0.15) is 25.2 Å². The fraction of sp³-hybridized carbons (Fsp3) is 0.286. The molecule has 1 unspecified atom stereocenters. The molecular weight excluding hydrogens is 568 g/mol. The van der Waals surface area contributed by atoms with Crippen LogP contribution in [-0.2, 0) is 27.1 Å². The second-order valence-corrected chi connectivity index (χ2v) is 12.9. The van der Waals surface area contributed by atoms with Crippen molar-refractivity contribution in [2.75, 3.05) is 27.3 Å². The molecule has 4 rings (SSSR count). The van der Waals surface area contributed by atoms with Gasteiger partial charge in [-0.3, -0.25) is 9.36 Å². The zero-order chi connectivity index (χ0) is 29.8. The number of aromatic nitrogens is 2. The first-order valence-corrected chi connectivity index (χ1v) is 15.7. The van der Waals surface area contributed by atoms with Gasteiger partial charge in [0.1, 0.15) is 17.3 Å². The van der Waals surface area contributed by atoms with E-state index in [2.05, 4.69) is 9.71 Å². The van der Waals surface area contributed by atoms with E-state index in [0.29, 0.717) is 22.4 Å². The molecule has 1 aromatic heterocycles. The summed E-state index contributed by atoms with van der Waals surface area (Å²) >= 11 is 0. The van der Waals surface area contributed by atoms with Gasteiger partial charge in [-0.25, -0.2) is 26.5 Å². The molecule has 0 aliphatic carbocycles. The number of hydrogen-bond donors (Lipinski definition) is 1. The average Bonchev–Trinajstić information content (AvgIpc) is 2.98. The second-order valence-electron chi connectivity index (χ2n) is 9.25. The van der Waals surface area contributed by atoms with Gasteiger partial charge in [0.2, 0.25) is 20.0 Å². The lowest BCUT2D eigenvalue weighted by molar-refractivity contribution is 0.320. The van der Waals surface area contributed by atoms with Gasteiger partial charge in [-0.2, -0.15) is 4.31 Å². The van der Waals surface area contributed by atoms with Crippen molar-refractivity contribution < 1.29 is 26.3 Å². The first-order chi connectivity index (χ1) is 19.5. The summed E-state index contributed by atoms with van der Waals surface area (Å²) in [5, 5.41) is 0.420. The van der Waals surface area contributed by atoms with Gasteiger partial charge in [0.15, 0.2) is 0 Å². The highest BCUT2D eigenvalue weighted by molar-refractivity contribution is 7.89. The molecule has 0 aliphatic heterocycles. The van der Waals surface area contributed by atoms with Crippen LogP contribution in [0.4, 0.5) is 0 Å². The number of sulfonamides is 2. The summed E-state index contributed by atoms with van der Waals surface area (Å²) < 4.78 is 68.7. The highest BCUT2D eigenvalue weighted by atomic mass is 32.2. The first-order valence-electron chi connectivity index (χ1n) is 12.7. The van der Waals surface area contributed by atoms with Gasteiger partial charge in [-0.05, 0) is 74.0 Å². The predicted octanol–water partition coefficient (Wildman–Crippen LogP) is 3.07. The summed E-state index contributed by atoms with van der Waals surface area (Å²) in [5.41, 5.74) is 0.151. The molecule has 0 bridgehead atoms. The van der Waals surface area contributed by atoms with E-state index in [0.717, 1.165) is 0 Å². The third-order valence-electron chi connectivity index (χ3n) is 6.71. The van der Waals surface area contributed by atoms with Crippen molar-refractivity contribution in [2.24, 2.45) is 7.05 Å². The zero-order valence-electron chi connectivity index (χ0n) is 23.1. The Morgan fingerprint density at radius 1 is 0.878 bits per heavy atom. The molecule has 1 heterocycles. The lowest BCUT2D eigenvalue weighted by Gasteiger charge is -2.29. The van der Waals surface area contributed by atoms with E-state index >= 15 is 0 Å². The maximum atomic E-state index is 13.9. The Morgan fingerprint density at radius 2 is 1.44 bits per heavy atom. The van der Waals surface area contributed by atoms with E-state index in [1.54, 1.807) is 62.5 Å². The molecule has 0 amide bonds. The highest BCUT2D eigenvalue weighted by Gasteiger charge is 2.32. The number of methoxy groups -OCH3 is 2. The van der Waals surface area contributed by atoms with E-state index in [-0.39, 0.29) is 40.7 Å². The molecule has 13 heteroatoms. The zero-order valence-corrected chi connectivity index (χ0v) is 24.8. The first kappa shape index (κ1) is 30.2. The number of rotatable bonds is 12. The molecule has 0 radical (unpaired) electrons. The van der Waals surface area contributed by atoms with Gasteiger partial charge >= 0.3 is 0 Å². The van der Waals surface area contributed by atoms with Crippen LogP contribution in [0.15, 0.2) is 87.4 Å². The van der Waals surface area contributed by atoms with Crippen LogP contribution in [0.25, 0.3) is 10.9 Å². The Labute approximate surface area is 239 Å². The van der Waals surface area contributed by atoms with E-state index in [9.17, 15) is 21.6 Å². The normalized spacial score (nSPS) is 12.9. The summed E-state index contributed by atoms with van der Waals surface area (Å²) in [6, 6.07) is 17.9. The molecule has 0 spiro atoms. The number of nitrogens with zero attached hydrogens (tertiary/aromatic N) is 3. The maximum absolute atomic E-state index is 13.9. The molecular formula is C28H32N4O7S2. The van der Waals surface area contributed by atoms with Crippen LogP contribution in [0.2, 0.25) is 0 Å². The quantitative estimate of drug-likeness (QED) is 0.245. The Hall–Kier alpha value is -3.78. The van der Waals surface area contributed by atoms with E-state index < -0.39 is 26.1 Å². The largest absolute Gasteiger partial charge is 0.497 e. The Bertz CT molecular complexity index is 1790. The summed E-state index contributed by atoms with van der Waals surface area (Å²) in [5.74, 6) is 1.27. The minimum atomic E-state index is -4.10. The molecule has 4 aromatic rings. The molecule has 218 valence electrons. The maximum Gasteiger partial charge on any atom is 0.261 e. The number of benzene rings is 3. The number of nitrogens with one attached hydrogen (secondary N) is 1. The molecule has 3 aromatic carbocycles. The molecule has 0 aliphatic rings. The summed E-state index contributed by atoms with van der Waals surface area (Å²) in [4.78, 5) is 17.8. The summed E-state index contributed by atoms with van der Waals surface area (Å²) in [6.45, 7) is 1.57. The van der Waals surface area contributed by atoms with Crippen molar-refractivity contribution >= 4 is 30.9 Å². The predicted molar refractivity (Wildman–Crippen MR) is 155 cm³/mol. The van der Waals surface area contributed by atoms with Crippen molar-refractivity contribution in [2.45, 2.75) is 29.2 Å². The highest BCUT2D eigenvalue weighted by Crippen LogP contribution is 2.28. The van der Waals surface area contributed by atoms with Crippen LogP contribution >= 0.6 is 0 Å². The lowest BCUT2D eigenvalue weighted by atomic mass is 10.2. The Balaban J connectivity index is 1.63. The molecule has 0 saturated carbocycles. The number of fused-ring (bicyclic) bond motifs is 1. The molecule has 1 N–H and O–H groups in total. The SMILES string of the molecule is COc1ccc(S(=O)(=O)NCCCN(C(C)c2nc3ccccc3c(=O)n2C)S(=O)(=O)c2ccc(OC)cc2)cc1. The van der Waals surface area contributed by atoms with Gasteiger partial charge in [-0.1, -0.05) is 12.1 Å². The van der Waals surface area contributed by atoms with E-state index in [4.69, 9.17) is 9.47 Å². The third-order valence-corrected chi connectivity index (χ3v) is 10.2. The second kappa shape index (κ2) is 12.4. The van der Waals surface area contributed by atoms with Crippen molar-refractivity contribution in [3.8, 4) is 11.5 Å². The molecule has 11 nitrogen and oxygen atoms in total. The van der Waals surface area contributed by atoms with Crippen LogP contribution in [-0.4, -0.2) is 58.0 Å². The van der Waals surface area contributed by atoms with Crippen LogP contribution < -0.4 is 19.8 Å². The van der Waals surface area contributed by atoms with Crippen LogP contribution in [0.3, 0.4) is 0 Å². The Morgan fingerprint density at radius 3 is 2.02 bits per heavy atom. The van der Waals surface area contributed by atoms with Crippen LogP contribution in [0, 0.1) is 0 Å². The monoisotopic (exact) mass is 600 g/mol. The van der Waals surface area contributed by atoms with Crippen molar-refractivity contribution in [1.29, 1.82) is 0 Å². The summed E-state index contributed by atoms with van der Waals surface area (Å²) in [6.07, 6.45) is 0.149. The van der Waals surface area contributed by atoms with Crippen molar-refractivity contribution in [1.82, 2.24) is 18.6 Å². The van der Waals surface area contributed by atoms with Gasteiger partial charge in [0.05, 0.1) is 41.0 Å². The fourth-order valence-corrected chi connectivity index (χ4v) is 7.13. The molecule has 0 fully saturated rings. The van der Waals surface area contributed by atoms with Gasteiger partial charge in [0.25, 0.3) is 5.56 Å². The molecule has 0 saturated heterocycles. The lowest BCUT2D eigenvalue weighted by Crippen LogP contribution is -2.39. The number of ether oxygens (including phenoxy) is 2. The average molecular weight is 601 g/mol. The van der Waals surface area contributed by atoms with Gasteiger partial charge < -0.3 is 9.47 Å². The third kappa shape index (κ3) is 6.43. The van der Waals surface area contributed by atoms with Gasteiger partial charge in [0, 0.05) is 20.1 Å². The number of hydrogen-bond acceptors (Lipinski definition) is 8. The number of para-hydroxylation sites is 1. The molecule has 41 heavy (non-hydrogen) atoms. The van der Waals surface area contributed by atoms with Gasteiger partial charge in [-0.15, -0.1) is 0 Å². The summed E-state index contributed by atoms with van der Waals surface area (Å²) in [7, 11) is -3.41. The van der Waals surface area contributed by atoms with E-state index in [1.165, 1.54) is 47.4 Å². The minimum absolute atomic E-state index is 0.0229.